The lowest BCUT2D eigenvalue weighted by Gasteiger charge is -2.09. The van der Waals surface area contributed by atoms with Crippen molar-refractivity contribution in [3.8, 4) is 11.8 Å². The predicted molar refractivity (Wildman–Crippen MR) is 76.9 cm³/mol. The maximum absolute atomic E-state index is 11.6. The zero-order valence-corrected chi connectivity index (χ0v) is 11.6. The van der Waals surface area contributed by atoms with Crippen molar-refractivity contribution in [1.29, 1.82) is 0 Å². The van der Waals surface area contributed by atoms with Gasteiger partial charge in [-0.1, -0.05) is 25.7 Å². The Morgan fingerprint density at radius 3 is 2.79 bits per heavy atom. The van der Waals surface area contributed by atoms with Crippen LogP contribution in [-0.4, -0.2) is 19.2 Å². The topological polar surface area (TPSA) is 64.3 Å². The van der Waals surface area contributed by atoms with E-state index in [1.54, 1.807) is 6.07 Å². The highest BCUT2D eigenvalue weighted by Crippen LogP contribution is 2.14. The summed E-state index contributed by atoms with van der Waals surface area (Å²) in [6.07, 6.45) is -0.447. The molecule has 4 nitrogen and oxygen atoms in total. The van der Waals surface area contributed by atoms with Gasteiger partial charge in [-0.25, -0.2) is 4.79 Å². The quantitative estimate of drug-likeness (QED) is 0.821. The van der Waals surface area contributed by atoms with Crippen LogP contribution in [0.15, 0.2) is 18.2 Å². The number of carbonyl (C=O) groups is 1. The van der Waals surface area contributed by atoms with Crippen LogP contribution >= 0.6 is 0 Å². The number of amides is 1. The van der Waals surface area contributed by atoms with Crippen LogP contribution < -0.4 is 11.1 Å². The first-order chi connectivity index (χ1) is 9.01. The Kier molecular flexibility index (Phi) is 5.91. The lowest BCUT2D eigenvalue weighted by atomic mass is 10.1. The molecule has 0 aliphatic heterocycles. The molecule has 0 spiro atoms. The minimum Gasteiger partial charge on any atom is -0.449 e. The molecule has 1 aromatic carbocycles. The summed E-state index contributed by atoms with van der Waals surface area (Å²) in [4.78, 5) is 11.6. The number of nitrogens with one attached hydrogen (secondary N) is 1. The largest absolute Gasteiger partial charge is 0.449 e. The average molecular weight is 260 g/mol. The fourth-order valence-corrected chi connectivity index (χ4v) is 1.48. The van der Waals surface area contributed by atoms with E-state index in [4.69, 9.17) is 10.5 Å². The molecule has 0 saturated heterocycles. The molecule has 0 atom stereocenters. The van der Waals surface area contributed by atoms with Crippen LogP contribution in [0.2, 0.25) is 0 Å². The third-order valence-electron chi connectivity index (χ3n) is 2.21. The molecule has 0 bridgehead atoms. The van der Waals surface area contributed by atoms with Gasteiger partial charge in [0.25, 0.3) is 0 Å². The molecule has 0 saturated carbocycles. The van der Waals surface area contributed by atoms with E-state index in [2.05, 4.69) is 17.2 Å². The van der Waals surface area contributed by atoms with Crippen molar-refractivity contribution in [2.45, 2.75) is 20.8 Å². The van der Waals surface area contributed by atoms with Crippen LogP contribution in [0, 0.1) is 24.7 Å². The highest BCUT2D eigenvalue weighted by atomic mass is 16.5. The smallest absolute Gasteiger partial charge is 0.411 e. The molecule has 1 aromatic rings. The molecule has 0 heterocycles. The summed E-state index contributed by atoms with van der Waals surface area (Å²) in [6.45, 7) is 6.63. The van der Waals surface area contributed by atoms with Crippen LogP contribution in [0.3, 0.4) is 0 Å². The number of nitrogens with two attached hydrogens (primary N) is 1. The maximum atomic E-state index is 11.6. The number of benzene rings is 1. The SMILES string of the molecule is Cc1cc(C#CCN)cc(NC(=O)OCC(C)C)c1. The van der Waals surface area contributed by atoms with Crippen LogP contribution in [0.5, 0.6) is 0 Å². The van der Waals surface area contributed by atoms with Crippen molar-refractivity contribution >= 4 is 11.8 Å². The van der Waals surface area contributed by atoms with Crippen molar-refractivity contribution in [3.05, 3.63) is 29.3 Å². The second-order valence-corrected chi connectivity index (χ2v) is 4.71. The molecule has 0 aromatic heterocycles. The van der Waals surface area contributed by atoms with E-state index < -0.39 is 6.09 Å². The number of hydrogen-bond donors (Lipinski definition) is 2. The summed E-state index contributed by atoms with van der Waals surface area (Å²) >= 11 is 0. The van der Waals surface area contributed by atoms with Crippen LogP contribution in [0.1, 0.15) is 25.0 Å². The maximum Gasteiger partial charge on any atom is 0.411 e. The van der Waals surface area contributed by atoms with E-state index in [0.29, 0.717) is 24.8 Å². The second-order valence-electron chi connectivity index (χ2n) is 4.71. The molecule has 0 aliphatic carbocycles. The first kappa shape index (κ1) is 15.1. The van der Waals surface area contributed by atoms with E-state index in [-0.39, 0.29) is 0 Å². The van der Waals surface area contributed by atoms with Crippen LogP contribution in [0.4, 0.5) is 10.5 Å². The Bertz CT molecular complexity index is 499. The zero-order valence-electron chi connectivity index (χ0n) is 11.6. The molecule has 1 amide bonds. The Balaban J connectivity index is 2.72. The lowest BCUT2D eigenvalue weighted by molar-refractivity contribution is 0.147. The first-order valence-corrected chi connectivity index (χ1v) is 6.25. The summed E-state index contributed by atoms with van der Waals surface area (Å²) in [5.74, 6) is 6.04. The Hall–Kier alpha value is -1.99. The van der Waals surface area contributed by atoms with E-state index in [1.165, 1.54) is 0 Å². The number of rotatable bonds is 3. The highest BCUT2D eigenvalue weighted by Gasteiger charge is 2.05. The van der Waals surface area contributed by atoms with Gasteiger partial charge in [-0.05, 0) is 36.6 Å². The molecule has 4 heteroatoms. The Morgan fingerprint density at radius 2 is 2.16 bits per heavy atom. The van der Waals surface area contributed by atoms with Gasteiger partial charge in [-0.15, -0.1) is 0 Å². The minimum atomic E-state index is -0.447. The van der Waals surface area contributed by atoms with Gasteiger partial charge in [0, 0.05) is 11.3 Å². The van der Waals surface area contributed by atoms with Gasteiger partial charge in [0.1, 0.15) is 0 Å². The minimum absolute atomic E-state index is 0.313. The summed E-state index contributed by atoms with van der Waals surface area (Å²) in [5.41, 5.74) is 7.85. The third kappa shape index (κ3) is 5.94. The van der Waals surface area contributed by atoms with Crippen molar-refractivity contribution in [1.82, 2.24) is 0 Å². The molecular weight excluding hydrogens is 240 g/mol. The van der Waals surface area contributed by atoms with Gasteiger partial charge in [0.2, 0.25) is 0 Å². The average Bonchev–Trinajstić information content (AvgIpc) is 2.33. The van der Waals surface area contributed by atoms with Crippen molar-refractivity contribution in [3.63, 3.8) is 0 Å². The standard InChI is InChI=1S/C15H20N2O2/c1-11(2)10-19-15(18)17-14-8-12(3)7-13(9-14)5-4-6-16/h7-9,11H,6,10,16H2,1-3H3,(H,17,18). The Labute approximate surface area is 114 Å². The molecule has 0 aliphatic rings. The van der Waals surface area contributed by atoms with Gasteiger partial charge in [0.05, 0.1) is 13.2 Å². The van der Waals surface area contributed by atoms with Crippen molar-refractivity contribution < 1.29 is 9.53 Å². The van der Waals surface area contributed by atoms with Gasteiger partial charge in [-0.3, -0.25) is 5.32 Å². The number of hydrogen-bond acceptors (Lipinski definition) is 3. The summed E-state index contributed by atoms with van der Waals surface area (Å²) < 4.78 is 5.06. The van der Waals surface area contributed by atoms with E-state index in [1.807, 2.05) is 32.9 Å². The predicted octanol–water partition coefficient (Wildman–Crippen LogP) is 2.51. The number of carbonyl (C=O) groups excluding carboxylic acids is 1. The van der Waals surface area contributed by atoms with Gasteiger partial charge < -0.3 is 10.5 Å². The normalized spacial score (nSPS) is 9.74. The summed E-state index contributed by atoms with van der Waals surface area (Å²) in [5, 5.41) is 2.69. The summed E-state index contributed by atoms with van der Waals surface area (Å²) in [7, 11) is 0. The van der Waals surface area contributed by atoms with E-state index in [0.717, 1.165) is 11.1 Å². The number of anilines is 1. The van der Waals surface area contributed by atoms with Gasteiger partial charge >= 0.3 is 6.09 Å². The summed E-state index contributed by atoms with van der Waals surface area (Å²) in [6, 6.07) is 5.60. The van der Waals surface area contributed by atoms with Gasteiger partial charge in [0.15, 0.2) is 0 Å². The van der Waals surface area contributed by atoms with Gasteiger partial charge in [-0.2, -0.15) is 0 Å². The van der Waals surface area contributed by atoms with Crippen LogP contribution in [-0.2, 0) is 4.74 Å². The molecule has 0 fully saturated rings. The fourth-order valence-electron chi connectivity index (χ4n) is 1.48. The molecule has 1 rings (SSSR count). The first-order valence-electron chi connectivity index (χ1n) is 6.25. The molecule has 0 radical (unpaired) electrons. The van der Waals surface area contributed by atoms with Crippen LogP contribution in [0.25, 0.3) is 0 Å². The van der Waals surface area contributed by atoms with Crippen molar-refractivity contribution in [2.24, 2.45) is 11.7 Å². The number of aryl methyl sites for hydroxylation is 1. The molecule has 19 heavy (non-hydrogen) atoms. The molecule has 3 N–H and O–H groups in total. The fraction of sp³-hybridized carbons (Fsp3) is 0.400. The molecular formula is C15H20N2O2. The van der Waals surface area contributed by atoms with E-state index >= 15 is 0 Å². The molecule has 0 unspecified atom stereocenters. The number of ether oxygens (including phenoxy) is 1. The molecule has 102 valence electrons. The second kappa shape index (κ2) is 7.45. The van der Waals surface area contributed by atoms with E-state index in [9.17, 15) is 4.79 Å². The monoisotopic (exact) mass is 260 g/mol. The van der Waals surface area contributed by atoms with Crippen molar-refractivity contribution in [2.75, 3.05) is 18.5 Å². The lowest BCUT2D eigenvalue weighted by Crippen LogP contribution is -2.16. The zero-order chi connectivity index (χ0) is 14.3. The highest BCUT2D eigenvalue weighted by molar-refractivity contribution is 5.85. The third-order valence-corrected chi connectivity index (χ3v) is 2.21. The Morgan fingerprint density at radius 1 is 1.42 bits per heavy atom.